The molecule has 16 heavy (non-hydrogen) atoms. The van der Waals surface area contributed by atoms with E-state index in [1.807, 2.05) is 45.2 Å². The number of hydrogen-bond acceptors (Lipinski definition) is 2. The van der Waals surface area contributed by atoms with E-state index >= 15 is 0 Å². The molecule has 1 heterocycles. The van der Waals surface area contributed by atoms with Gasteiger partial charge < -0.3 is 15.5 Å². The first kappa shape index (κ1) is 11.0. The summed E-state index contributed by atoms with van der Waals surface area (Å²) in [5.41, 5.74) is 8.13. The SMILES string of the molecule is CC(C)Oc1cccc2[nH]cc([C@@H](C)N)c12. The van der Waals surface area contributed by atoms with Gasteiger partial charge in [-0.05, 0) is 38.5 Å². The maximum absolute atomic E-state index is 5.95. The van der Waals surface area contributed by atoms with E-state index in [9.17, 15) is 0 Å². The van der Waals surface area contributed by atoms with Crippen molar-refractivity contribution in [1.82, 2.24) is 4.98 Å². The van der Waals surface area contributed by atoms with E-state index in [1.165, 1.54) is 0 Å². The fraction of sp³-hybridized carbons (Fsp3) is 0.385. The summed E-state index contributed by atoms with van der Waals surface area (Å²) in [6, 6.07) is 6.02. The molecule has 3 heteroatoms. The van der Waals surface area contributed by atoms with E-state index in [1.54, 1.807) is 0 Å². The third kappa shape index (κ3) is 1.91. The minimum absolute atomic E-state index is 0.00524. The highest BCUT2D eigenvalue weighted by Crippen LogP contribution is 2.31. The number of ether oxygens (including phenoxy) is 1. The molecule has 0 aliphatic carbocycles. The monoisotopic (exact) mass is 218 g/mol. The van der Waals surface area contributed by atoms with Crippen molar-refractivity contribution in [2.24, 2.45) is 5.73 Å². The molecule has 3 N–H and O–H groups in total. The van der Waals surface area contributed by atoms with Crippen molar-refractivity contribution >= 4 is 10.9 Å². The zero-order valence-corrected chi connectivity index (χ0v) is 9.95. The lowest BCUT2D eigenvalue weighted by molar-refractivity contribution is 0.245. The Hall–Kier alpha value is -1.48. The number of hydrogen-bond donors (Lipinski definition) is 2. The van der Waals surface area contributed by atoms with Gasteiger partial charge in [0.2, 0.25) is 0 Å². The summed E-state index contributed by atoms with van der Waals surface area (Å²) < 4.78 is 5.80. The number of nitrogens with one attached hydrogen (secondary N) is 1. The van der Waals surface area contributed by atoms with Gasteiger partial charge in [-0.3, -0.25) is 0 Å². The van der Waals surface area contributed by atoms with Crippen LogP contribution in [0.1, 0.15) is 32.4 Å². The van der Waals surface area contributed by atoms with E-state index in [4.69, 9.17) is 10.5 Å². The minimum Gasteiger partial charge on any atom is -0.490 e. The predicted molar refractivity (Wildman–Crippen MR) is 66.7 cm³/mol. The molecule has 2 aromatic rings. The Kier molecular flexibility index (Phi) is 2.88. The average molecular weight is 218 g/mol. The average Bonchev–Trinajstić information content (AvgIpc) is 2.61. The van der Waals surface area contributed by atoms with Crippen molar-refractivity contribution in [2.75, 3.05) is 0 Å². The normalized spacial score (nSPS) is 13.3. The van der Waals surface area contributed by atoms with Crippen LogP contribution in [-0.2, 0) is 0 Å². The van der Waals surface area contributed by atoms with Gasteiger partial charge in [0.05, 0.1) is 6.10 Å². The van der Waals surface area contributed by atoms with Crippen LogP contribution in [0.4, 0.5) is 0 Å². The predicted octanol–water partition coefficient (Wildman–Crippen LogP) is 2.97. The van der Waals surface area contributed by atoms with Gasteiger partial charge in [0.25, 0.3) is 0 Å². The molecule has 0 aliphatic heterocycles. The topological polar surface area (TPSA) is 51.0 Å². The second kappa shape index (κ2) is 4.18. The van der Waals surface area contributed by atoms with Crippen LogP contribution in [0.15, 0.2) is 24.4 Å². The highest BCUT2D eigenvalue weighted by molar-refractivity contribution is 5.89. The number of H-pyrrole nitrogens is 1. The van der Waals surface area contributed by atoms with Crippen LogP contribution < -0.4 is 10.5 Å². The molecule has 0 aliphatic rings. The molecule has 0 bridgehead atoms. The molecular formula is C13H18N2O. The smallest absolute Gasteiger partial charge is 0.129 e. The maximum Gasteiger partial charge on any atom is 0.129 e. The third-order valence-corrected chi connectivity index (χ3v) is 2.55. The number of aromatic amines is 1. The van der Waals surface area contributed by atoms with Crippen molar-refractivity contribution in [2.45, 2.75) is 32.9 Å². The van der Waals surface area contributed by atoms with Crippen LogP contribution in [0.5, 0.6) is 5.75 Å². The van der Waals surface area contributed by atoms with Gasteiger partial charge >= 0.3 is 0 Å². The lowest BCUT2D eigenvalue weighted by Gasteiger charge is -2.12. The number of nitrogens with two attached hydrogens (primary N) is 1. The molecular weight excluding hydrogens is 200 g/mol. The van der Waals surface area contributed by atoms with Crippen LogP contribution >= 0.6 is 0 Å². The summed E-state index contributed by atoms with van der Waals surface area (Å²) in [5.74, 6) is 0.904. The van der Waals surface area contributed by atoms with Crippen LogP contribution in [0.2, 0.25) is 0 Å². The van der Waals surface area contributed by atoms with E-state index < -0.39 is 0 Å². The highest BCUT2D eigenvalue weighted by Gasteiger charge is 2.12. The van der Waals surface area contributed by atoms with Gasteiger partial charge in [0.1, 0.15) is 5.75 Å². The summed E-state index contributed by atoms with van der Waals surface area (Å²) in [7, 11) is 0. The number of fused-ring (bicyclic) bond motifs is 1. The molecule has 0 spiro atoms. The fourth-order valence-corrected chi connectivity index (χ4v) is 1.89. The van der Waals surface area contributed by atoms with Gasteiger partial charge in [-0.1, -0.05) is 6.07 Å². The van der Waals surface area contributed by atoms with Gasteiger partial charge in [-0.15, -0.1) is 0 Å². The summed E-state index contributed by atoms with van der Waals surface area (Å²) in [6.07, 6.45) is 2.13. The Balaban J connectivity index is 2.59. The molecule has 3 nitrogen and oxygen atoms in total. The largest absolute Gasteiger partial charge is 0.490 e. The van der Waals surface area contributed by atoms with Gasteiger partial charge in [0.15, 0.2) is 0 Å². The Labute approximate surface area is 95.6 Å². The molecule has 2 rings (SSSR count). The quantitative estimate of drug-likeness (QED) is 0.832. The summed E-state index contributed by atoms with van der Waals surface area (Å²) in [6.45, 7) is 6.03. The molecule has 1 atom stereocenters. The molecule has 0 unspecified atom stereocenters. The Morgan fingerprint density at radius 2 is 2.00 bits per heavy atom. The zero-order chi connectivity index (χ0) is 11.7. The van der Waals surface area contributed by atoms with E-state index in [2.05, 4.69) is 4.98 Å². The van der Waals surface area contributed by atoms with Crippen molar-refractivity contribution in [1.29, 1.82) is 0 Å². The molecule has 0 radical (unpaired) electrons. The molecule has 0 saturated carbocycles. The standard InChI is InChI=1S/C13H18N2O/c1-8(2)16-12-6-4-5-11-13(12)10(7-15-11)9(3)14/h4-9,15H,14H2,1-3H3/t9-/m1/s1. The van der Waals surface area contributed by atoms with E-state index in [-0.39, 0.29) is 12.1 Å². The summed E-state index contributed by atoms with van der Waals surface area (Å²) in [4.78, 5) is 3.22. The molecule has 0 saturated heterocycles. The van der Waals surface area contributed by atoms with Gasteiger partial charge in [-0.25, -0.2) is 0 Å². The Bertz CT molecular complexity index is 486. The van der Waals surface area contributed by atoms with E-state index in [0.717, 1.165) is 22.2 Å². The van der Waals surface area contributed by atoms with Crippen molar-refractivity contribution in [3.63, 3.8) is 0 Å². The first-order valence-electron chi connectivity index (χ1n) is 5.62. The van der Waals surface area contributed by atoms with Gasteiger partial charge in [-0.2, -0.15) is 0 Å². The number of benzene rings is 1. The van der Waals surface area contributed by atoms with Crippen molar-refractivity contribution < 1.29 is 4.74 Å². The second-order valence-corrected chi connectivity index (χ2v) is 4.38. The van der Waals surface area contributed by atoms with E-state index in [0.29, 0.717) is 0 Å². The fourth-order valence-electron chi connectivity index (χ4n) is 1.89. The first-order chi connectivity index (χ1) is 7.59. The zero-order valence-electron chi connectivity index (χ0n) is 9.95. The number of aromatic nitrogens is 1. The van der Waals surface area contributed by atoms with Crippen LogP contribution in [0, 0.1) is 0 Å². The molecule has 1 aromatic carbocycles. The van der Waals surface area contributed by atoms with Crippen molar-refractivity contribution in [3.05, 3.63) is 30.0 Å². The number of rotatable bonds is 3. The van der Waals surface area contributed by atoms with Crippen LogP contribution in [-0.4, -0.2) is 11.1 Å². The Morgan fingerprint density at radius 1 is 1.25 bits per heavy atom. The van der Waals surface area contributed by atoms with Crippen LogP contribution in [0.25, 0.3) is 10.9 Å². The lowest BCUT2D eigenvalue weighted by atomic mass is 10.1. The summed E-state index contributed by atoms with van der Waals surface area (Å²) in [5, 5.41) is 1.10. The molecule has 0 amide bonds. The second-order valence-electron chi connectivity index (χ2n) is 4.38. The third-order valence-electron chi connectivity index (χ3n) is 2.55. The van der Waals surface area contributed by atoms with Gasteiger partial charge in [0, 0.05) is 23.1 Å². The molecule has 1 aromatic heterocycles. The Morgan fingerprint density at radius 3 is 2.62 bits per heavy atom. The first-order valence-corrected chi connectivity index (χ1v) is 5.62. The molecule has 86 valence electrons. The maximum atomic E-state index is 5.95. The van der Waals surface area contributed by atoms with Crippen LogP contribution in [0.3, 0.4) is 0 Å². The highest BCUT2D eigenvalue weighted by atomic mass is 16.5. The minimum atomic E-state index is 0.00524. The molecule has 0 fully saturated rings. The lowest BCUT2D eigenvalue weighted by Crippen LogP contribution is -2.08. The van der Waals surface area contributed by atoms with Crippen molar-refractivity contribution in [3.8, 4) is 5.75 Å². The summed E-state index contributed by atoms with van der Waals surface area (Å²) >= 11 is 0.